The van der Waals surface area contributed by atoms with Gasteiger partial charge >= 0.3 is 0 Å². The van der Waals surface area contributed by atoms with E-state index in [-0.39, 0.29) is 11.8 Å². The fourth-order valence-electron chi connectivity index (χ4n) is 4.94. The van der Waals surface area contributed by atoms with Crippen molar-refractivity contribution in [1.29, 1.82) is 0 Å². The van der Waals surface area contributed by atoms with Crippen LogP contribution in [0.3, 0.4) is 0 Å². The van der Waals surface area contributed by atoms with E-state index in [4.69, 9.17) is 28.2 Å². The van der Waals surface area contributed by atoms with E-state index < -0.39 is 15.1 Å². The zero-order valence-electron chi connectivity index (χ0n) is 22.4. The first-order valence-electron chi connectivity index (χ1n) is 13.0. The average Bonchev–Trinajstić information content (AvgIpc) is 3.35. The second-order valence-electron chi connectivity index (χ2n) is 10.9. The smallest absolute Gasteiger partial charge is 0.185 e. The van der Waals surface area contributed by atoms with Crippen LogP contribution in [0.4, 0.5) is 5.13 Å². The van der Waals surface area contributed by atoms with Crippen molar-refractivity contribution in [2.45, 2.75) is 82.3 Å². The summed E-state index contributed by atoms with van der Waals surface area (Å²) in [6, 6.07) is 9.77. The molecule has 0 bridgehead atoms. The van der Waals surface area contributed by atoms with Crippen LogP contribution in [0.1, 0.15) is 88.8 Å². The molecule has 1 fully saturated rings. The molecule has 37 heavy (non-hydrogen) atoms. The summed E-state index contributed by atoms with van der Waals surface area (Å²) in [6.45, 7) is 14.0. The van der Waals surface area contributed by atoms with E-state index in [9.17, 15) is 8.42 Å². The number of benzene rings is 2. The number of nitrogens with zero attached hydrogens (tertiary/aromatic N) is 2. The van der Waals surface area contributed by atoms with Crippen LogP contribution in [0, 0.1) is 0 Å². The maximum atomic E-state index is 14.2. The number of aromatic nitrogens is 1. The Balaban J connectivity index is 1.58. The van der Waals surface area contributed by atoms with Gasteiger partial charge in [-0.05, 0) is 59.4 Å². The molecule has 4 nitrogen and oxygen atoms in total. The zero-order valence-corrected chi connectivity index (χ0v) is 25.5. The molecule has 0 saturated carbocycles. The fraction of sp³-hybridized carbons (Fsp3) is 0.483. The third kappa shape index (κ3) is 5.88. The normalized spacial score (nSPS) is 15.4. The number of hydrogen-bond donors (Lipinski definition) is 0. The van der Waals surface area contributed by atoms with E-state index in [1.165, 1.54) is 5.56 Å². The van der Waals surface area contributed by atoms with E-state index in [1.54, 1.807) is 17.4 Å². The molecule has 0 atom stereocenters. The van der Waals surface area contributed by atoms with Crippen LogP contribution in [0.2, 0.25) is 10.0 Å². The molecule has 0 radical (unpaired) electrons. The molecule has 1 saturated heterocycles. The van der Waals surface area contributed by atoms with Gasteiger partial charge in [-0.3, -0.25) is 0 Å². The Morgan fingerprint density at radius 3 is 2.00 bits per heavy atom. The number of sulfone groups is 1. The summed E-state index contributed by atoms with van der Waals surface area (Å²) in [4.78, 5) is 7.60. The minimum absolute atomic E-state index is 0.135. The van der Waals surface area contributed by atoms with Crippen LogP contribution >= 0.6 is 34.5 Å². The molecule has 200 valence electrons. The van der Waals surface area contributed by atoms with Gasteiger partial charge in [0.25, 0.3) is 0 Å². The lowest BCUT2D eigenvalue weighted by atomic mass is 9.89. The predicted molar refractivity (Wildman–Crippen MR) is 159 cm³/mol. The SMILES string of the molecule is CC(C)c1cc(C(C)C)c(S(=O)(=O)C2CCN(c3nc(-c4ccc(Cl)c(Cl)c4)cs3)CC2)c(C(C)C)c1. The predicted octanol–water partition coefficient (Wildman–Crippen LogP) is 8.93. The molecule has 0 spiro atoms. The number of rotatable bonds is 7. The lowest BCUT2D eigenvalue weighted by Crippen LogP contribution is -2.39. The highest BCUT2D eigenvalue weighted by Gasteiger charge is 2.36. The summed E-state index contributed by atoms with van der Waals surface area (Å²) >= 11 is 13.8. The van der Waals surface area contributed by atoms with Crippen molar-refractivity contribution >= 4 is 49.5 Å². The molecule has 4 rings (SSSR count). The molecule has 3 aromatic rings. The lowest BCUT2D eigenvalue weighted by Gasteiger charge is -2.33. The Morgan fingerprint density at radius 1 is 0.892 bits per heavy atom. The lowest BCUT2D eigenvalue weighted by molar-refractivity contribution is 0.526. The Labute approximate surface area is 236 Å². The second kappa shape index (κ2) is 11.3. The Bertz CT molecular complexity index is 1340. The van der Waals surface area contributed by atoms with Crippen molar-refractivity contribution in [1.82, 2.24) is 4.98 Å². The molecular weight excluding hydrogens is 543 g/mol. The van der Waals surface area contributed by atoms with E-state index in [0.29, 0.717) is 46.8 Å². The molecular formula is C29H36Cl2N2O2S2. The van der Waals surface area contributed by atoms with E-state index in [1.807, 2.05) is 17.5 Å². The van der Waals surface area contributed by atoms with Crippen LogP contribution in [-0.4, -0.2) is 31.7 Å². The molecule has 1 aliphatic rings. The summed E-state index contributed by atoms with van der Waals surface area (Å²) in [5.41, 5.74) is 4.90. The minimum Gasteiger partial charge on any atom is -0.348 e. The van der Waals surface area contributed by atoms with Crippen molar-refractivity contribution in [3.05, 3.63) is 62.4 Å². The molecule has 1 aromatic heterocycles. The van der Waals surface area contributed by atoms with Gasteiger partial charge in [0.15, 0.2) is 15.0 Å². The van der Waals surface area contributed by atoms with Crippen molar-refractivity contribution in [2.75, 3.05) is 18.0 Å². The van der Waals surface area contributed by atoms with Crippen LogP contribution in [0.25, 0.3) is 11.3 Å². The number of anilines is 1. The third-order valence-electron chi connectivity index (χ3n) is 7.22. The molecule has 0 aliphatic carbocycles. The van der Waals surface area contributed by atoms with Crippen LogP contribution in [-0.2, 0) is 9.84 Å². The maximum Gasteiger partial charge on any atom is 0.185 e. The minimum atomic E-state index is -3.48. The summed E-state index contributed by atoms with van der Waals surface area (Å²) < 4.78 is 28.3. The fourth-order valence-corrected chi connectivity index (χ4v) is 8.54. The number of hydrogen-bond acceptors (Lipinski definition) is 5. The first-order chi connectivity index (χ1) is 17.4. The largest absolute Gasteiger partial charge is 0.348 e. The standard InChI is InChI=1S/C29H36Cl2N2O2S2/c1-17(2)21-13-23(18(3)4)28(24(14-21)19(5)6)37(34,35)22-9-11-33(12-10-22)29-32-27(16-36-29)20-7-8-25(30)26(31)15-20/h7-8,13-19,22H,9-12H2,1-6H3. The van der Waals surface area contributed by atoms with Gasteiger partial charge in [-0.15, -0.1) is 11.3 Å². The zero-order chi connectivity index (χ0) is 27.1. The van der Waals surface area contributed by atoms with Crippen LogP contribution in [0.15, 0.2) is 40.6 Å². The van der Waals surface area contributed by atoms with Gasteiger partial charge in [0, 0.05) is 24.0 Å². The van der Waals surface area contributed by atoms with Crippen LogP contribution < -0.4 is 4.90 Å². The summed E-state index contributed by atoms with van der Waals surface area (Å²) in [6.07, 6.45) is 1.18. The molecule has 2 heterocycles. The molecule has 2 aromatic carbocycles. The van der Waals surface area contributed by atoms with Gasteiger partial charge in [-0.1, -0.05) is 82.9 Å². The van der Waals surface area contributed by atoms with E-state index in [2.05, 4.69) is 58.6 Å². The van der Waals surface area contributed by atoms with Gasteiger partial charge in [-0.25, -0.2) is 13.4 Å². The highest BCUT2D eigenvalue weighted by atomic mass is 35.5. The van der Waals surface area contributed by atoms with Crippen molar-refractivity contribution in [2.24, 2.45) is 0 Å². The van der Waals surface area contributed by atoms with E-state index in [0.717, 1.165) is 27.5 Å². The van der Waals surface area contributed by atoms with Crippen LogP contribution in [0.5, 0.6) is 0 Å². The Morgan fingerprint density at radius 2 is 1.49 bits per heavy atom. The quantitative estimate of drug-likeness (QED) is 0.280. The highest BCUT2D eigenvalue weighted by Crippen LogP contribution is 2.39. The van der Waals surface area contributed by atoms with E-state index >= 15 is 0 Å². The molecule has 1 aliphatic heterocycles. The topological polar surface area (TPSA) is 50.3 Å². The molecule has 0 unspecified atom stereocenters. The van der Waals surface area contributed by atoms with Gasteiger partial charge in [0.2, 0.25) is 0 Å². The first-order valence-corrected chi connectivity index (χ1v) is 16.2. The third-order valence-corrected chi connectivity index (χ3v) is 11.3. The Kier molecular flexibility index (Phi) is 8.64. The van der Waals surface area contributed by atoms with Crippen molar-refractivity contribution in [3.63, 3.8) is 0 Å². The van der Waals surface area contributed by atoms with Crippen molar-refractivity contribution in [3.8, 4) is 11.3 Å². The number of halogens is 2. The number of piperidine rings is 1. The monoisotopic (exact) mass is 578 g/mol. The molecule has 0 N–H and O–H groups in total. The van der Waals surface area contributed by atoms with Gasteiger partial charge < -0.3 is 4.90 Å². The average molecular weight is 580 g/mol. The number of thiazole rings is 1. The summed E-state index contributed by atoms with van der Waals surface area (Å²) in [5.74, 6) is 0.620. The van der Waals surface area contributed by atoms with Crippen molar-refractivity contribution < 1.29 is 8.42 Å². The van der Waals surface area contributed by atoms with Gasteiger partial charge in [0.05, 0.1) is 25.9 Å². The van der Waals surface area contributed by atoms with Gasteiger partial charge in [0.1, 0.15) is 0 Å². The molecule has 0 amide bonds. The summed E-state index contributed by atoms with van der Waals surface area (Å²) in [7, 11) is -3.48. The summed E-state index contributed by atoms with van der Waals surface area (Å²) in [5, 5.41) is 3.55. The Hall–Kier alpha value is -1.60. The van der Waals surface area contributed by atoms with Gasteiger partial charge in [-0.2, -0.15) is 0 Å². The highest BCUT2D eigenvalue weighted by molar-refractivity contribution is 7.92. The molecule has 8 heteroatoms. The first kappa shape index (κ1) is 28.4. The second-order valence-corrected chi connectivity index (χ2v) is 14.7. The maximum absolute atomic E-state index is 14.2.